The molecule has 2 N–H and O–H groups in total. The van der Waals surface area contributed by atoms with Crippen LogP contribution in [0.25, 0.3) is 10.9 Å². The molecular weight excluding hydrogens is 300 g/mol. The van der Waals surface area contributed by atoms with Gasteiger partial charge in [0.05, 0.1) is 12.6 Å². The van der Waals surface area contributed by atoms with Gasteiger partial charge in [-0.1, -0.05) is 37.9 Å². The fourth-order valence-corrected chi connectivity index (χ4v) is 2.67. The number of halogens is 1. The summed E-state index contributed by atoms with van der Waals surface area (Å²) in [6.45, 7) is 4.65. The van der Waals surface area contributed by atoms with Crippen molar-refractivity contribution in [2.45, 2.75) is 39.3 Å². The van der Waals surface area contributed by atoms with Crippen LogP contribution in [0.5, 0.6) is 0 Å². The predicted molar refractivity (Wildman–Crippen MR) is 90.0 cm³/mol. The summed E-state index contributed by atoms with van der Waals surface area (Å²) >= 11 is 6.03. The lowest BCUT2D eigenvalue weighted by molar-refractivity contribution is -0.122. The molecule has 0 fully saturated rings. The average molecular weight is 323 g/mol. The highest BCUT2D eigenvalue weighted by Crippen LogP contribution is 2.20. The van der Waals surface area contributed by atoms with E-state index in [1.807, 2.05) is 42.0 Å². The van der Waals surface area contributed by atoms with Gasteiger partial charge in [-0.25, -0.2) is 0 Å². The van der Waals surface area contributed by atoms with Crippen LogP contribution < -0.4 is 5.32 Å². The van der Waals surface area contributed by atoms with Crippen LogP contribution in [-0.4, -0.2) is 28.2 Å². The number of nitrogens with zero attached hydrogens (tertiary/aromatic N) is 1. The molecule has 1 aromatic carbocycles. The minimum Gasteiger partial charge on any atom is -0.394 e. The lowest BCUT2D eigenvalue weighted by Gasteiger charge is -2.22. The maximum Gasteiger partial charge on any atom is 0.222 e. The molecule has 0 bridgehead atoms. The second-order valence-corrected chi connectivity index (χ2v) is 6.14. The summed E-state index contributed by atoms with van der Waals surface area (Å²) in [7, 11) is 0. The first-order valence-corrected chi connectivity index (χ1v) is 8.07. The Morgan fingerprint density at radius 1 is 1.41 bits per heavy atom. The molecule has 0 unspecified atom stereocenters. The molecule has 0 radical (unpaired) electrons. The lowest BCUT2D eigenvalue weighted by Crippen LogP contribution is -2.42. The van der Waals surface area contributed by atoms with Crippen LogP contribution in [0, 0.1) is 5.92 Å². The highest BCUT2D eigenvalue weighted by Gasteiger charge is 2.17. The standard InChI is InChI=1S/C17H23ClN2O2/c1-3-12(2)15(11-21)19-17(22)7-9-20-8-6-13-4-5-14(18)10-16(13)20/h4-6,8,10,12,15,21H,3,7,9,11H2,1-2H3,(H,19,22)/t12-,15+/m1/s1. The second kappa shape index (κ2) is 7.65. The zero-order valence-electron chi connectivity index (χ0n) is 13.1. The number of aliphatic hydroxyl groups excluding tert-OH is 1. The number of aromatic nitrogens is 1. The first kappa shape index (κ1) is 16.8. The third-order valence-corrected chi connectivity index (χ3v) is 4.42. The van der Waals surface area contributed by atoms with Crippen molar-refractivity contribution < 1.29 is 9.90 Å². The lowest BCUT2D eigenvalue weighted by atomic mass is 10.00. The molecule has 0 saturated heterocycles. The molecule has 0 aliphatic rings. The number of aryl methyl sites for hydroxylation is 1. The summed E-state index contributed by atoms with van der Waals surface area (Å²) in [5.41, 5.74) is 1.03. The van der Waals surface area contributed by atoms with Crippen molar-refractivity contribution in [2.75, 3.05) is 6.61 Å². The summed E-state index contributed by atoms with van der Waals surface area (Å²) in [4.78, 5) is 12.1. The van der Waals surface area contributed by atoms with Gasteiger partial charge in [-0.15, -0.1) is 0 Å². The van der Waals surface area contributed by atoms with Gasteiger partial charge in [-0.3, -0.25) is 4.79 Å². The quantitative estimate of drug-likeness (QED) is 0.822. The Hall–Kier alpha value is -1.52. The van der Waals surface area contributed by atoms with E-state index in [4.69, 9.17) is 11.6 Å². The summed E-state index contributed by atoms with van der Waals surface area (Å²) in [5.74, 6) is 0.225. The Morgan fingerprint density at radius 3 is 2.86 bits per heavy atom. The molecule has 0 saturated carbocycles. The number of aliphatic hydroxyl groups is 1. The minimum atomic E-state index is -0.173. The van der Waals surface area contributed by atoms with Gasteiger partial charge >= 0.3 is 0 Å². The number of rotatable bonds is 7. The van der Waals surface area contributed by atoms with Crippen LogP contribution in [0.3, 0.4) is 0 Å². The number of benzene rings is 1. The molecule has 0 aliphatic carbocycles. The molecule has 2 atom stereocenters. The molecule has 22 heavy (non-hydrogen) atoms. The highest BCUT2D eigenvalue weighted by atomic mass is 35.5. The topological polar surface area (TPSA) is 54.3 Å². The normalized spacial score (nSPS) is 14.0. The van der Waals surface area contributed by atoms with E-state index in [0.29, 0.717) is 18.0 Å². The van der Waals surface area contributed by atoms with E-state index in [1.54, 1.807) is 0 Å². The molecule has 0 spiro atoms. The number of carbonyl (C=O) groups excluding carboxylic acids is 1. The van der Waals surface area contributed by atoms with Gasteiger partial charge in [-0.05, 0) is 29.5 Å². The van der Waals surface area contributed by atoms with Gasteiger partial charge in [0.25, 0.3) is 0 Å². The number of amides is 1. The first-order chi connectivity index (χ1) is 10.5. The molecule has 5 heteroatoms. The van der Waals surface area contributed by atoms with Crippen LogP contribution in [0.2, 0.25) is 5.02 Å². The predicted octanol–water partition coefficient (Wildman–Crippen LogP) is 3.21. The second-order valence-electron chi connectivity index (χ2n) is 5.70. The van der Waals surface area contributed by atoms with E-state index in [2.05, 4.69) is 12.2 Å². The van der Waals surface area contributed by atoms with Crippen LogP contribution in [0.4, 0.5) is 0 Å². The van der Waals surface area contributed by atoms with Crippen molar-refractivity contribution in [3.05, 3.63) is 35.5 Å². The number of fused-ring (bicyclic) bond motifs is 1. The van der Waals surface area contributed by atoms with Crippen molar-refractivity contribution in [2.24, 2.45) is 5.92 Å². The molecule has 2 rings (SSSR count). The zero-order valence-corrected chi connectivity index (χ0v) is 13.8. The fraction of sp³-hybridized carbons (Fsp3) is 0.471. The summed E-state index contributed by atoms with van der Waals surface area (Å²) < 4.78 is 2.03. The van der Waals surface area contributed by atoms with E-state index in [1.165, 1.54) is 0 Å². The Bertz CT molecular complexity index is 639. The van der Waals surface area contributed by atoms with Crippen LogP contribution in [0.15, 0.2) is 30.5 Å². The summed E-state index contributed by atoms with van der Waals surface area (Å²) in [6.07, 6.45) is 3.27. The van der Waals surface area contributed by atoms with Crippen LogP contribution in [-0.2, 0) is 11.3 Å². The summed E-state index contributed by atoms with van der Waals surface area (Å²) in [5, 5.41) is 14.1. The largest absolute Gasteiger partial charge is 0.394 e. The van der Waals surface area contributed by atoms with E-state index in [9.17, 15) is 9.90 Å². The molecule has 1 aromatic heterocycles. The molecule has 4 nitrogen and oxygen atoms in total. The third kappa shape index (κ3) is 4.02. The van der Waals surface area contributed by atoms with Crippen molar-refractivity contribution in [1.29, 1.82) is 0 Å². The highest BCUT2D eigenvalue weighted by molar-refractivity contribution is 6.31. The maximum absolute atomic E-state index is 12.1. The van der Waals surface area contributed by atoms with E-state index < -0.39 is 0 Å². The zero-order chi connectivity index (χ0) is 16.1. The van der Waals surface area contributed by atoms with Crippen LogP contribution in [0.1, 0.15) is 26.7 Å². The van der Waals surface area contributed by atoms with Crippen molar-refractivity contribution in [1.82, 2.24) is 9.88 Å². The van der Waals surface area contributed by atoms with Gasteiger partial charge in [0.2, 0.25) is 5.91 Å². The van der Waals surface area contributed by atoms with E-state index >= 15 is 0 Å². The third-order valence-electron chi connectivity index (χ3n) is 4.19. The summed E-state index contributed by atoms with van der Waals surface area (Å²) in [6, 6.07) is 7.58. The fourth-order valence-electron chi connectivity index (χ4n) is 2.51. The van der Waals surface area contributed by atoms with Gasteiger partial charge in [0, 0.05) is 29.7 Å². The Balaban J connectivity index is 1.96. The first-order valence-electron chi connectivity index (χ1n) is 7.69. The van der Waals surface area contributed by atoms with Crippen LogP contribution >= 0.6 is 11.6 Å². The minimum absolute atomic E-state index is 0.0250. The Labute approximate surface area is 136 Å². The van der Waals surface area contributed by atoms with Gasteiger partial charge in [0.15, 0.2) is 0 Å². The number of nitrogens with one attached hydrogen (secondary N) is 1. The Kier molecular flexibility index (Phi) is 5.86. The molecule has 2 aromatic rings. The molecular formula is C17H23ClN2O2. The van der Waals surface area contributed by atoms with Crippen molar-refractivity contribution in [3.8, 4) is 0 Å². The molecule has 1 amide bonds. The molecule has 1 heterocycles. The van der Waals surface area contributed by atoms with Gasteiger partial charge < -0.3 is 15.0 Å². The number of hydrogen-bond donors (Lipinski definition) is 2. The molecule has 120 valence electrons. The van der Waals surface area contributed by atoms with Gasteiger partial charge in [0.1, 0.15) is 0 Å². The van der Waals surface area contributed by atoms with E-state index in [-0.39, 0.29) is 24.5 Å². The SMILES string of the molecule is CC[C@@H](C)[C@H](CO)NC(=O)CCn1ccc2ccc(Cl)cc21. The maximum atomic E-state index is 12.1. The van der Waals surface area contributed by atoms with E-state index in [0.717, 1.165) is 17.3 Å². The Morgan fingerprint density at radius 2 is 2.18 bits per heavy atom. The smallest absolute Gasteiger partial charge is 0.222 e. The number of hydrogen-bond acceptors (Lipinski definition) is 2. The average Bonchev–Trinajstić information content (AvgIpc) is 2.92. The molecule has 0 aliphatic heterocycles. The van der Waals surface area contributed by atoms with Crippen molar-refractivity contribution in [3.63, 3.8) is 0 Å². The van der Waals surface area contributed by atoms with Gasteiger partial charge in [-0.2, -0.15) is 0 Å². The monoisotopic (exact) mass is 322 g/mol. The van der Waals surface area contributed by atoms with Crippen molar-refractivity contribution >= 4 is 28.4 Å². The number of carbonyl (C=O) groups is 1.